The van der Waals surface area contributed by atoms with E-state index in [4.69, 9.17) is 0 Å². The molecule has 1 heterocycles. The van der Waals surface area contributed by atoms with Crippen molar-refractivity contribution in [3.05, 3.63) is 53.6 Å². The first-order chi connectivity index (χ1) is 13.8. The molecule has 9 heteroatoms. The molecule has 2 aromatic carbocycles. The third kappa shape index (κ3) is 5.36. The molecule has 1 amide bonds. The SMILES string of the molecule is CSCCC(NS(=O)(=O)c1ccccc1)C(=O)Nc1nc2c(C)cc(C)cc2s1. The highest BCUT2D eigenvalue weighted by Crippen LogP contribution is 2.29. The number of carbonyl (C=O) groups excluding carboxylic acids is 1. The van der Waals surface area contributed by atoms with Crippen LogP contribution in [-0.4, -0.2) is 37.4 Å². The van der Waals surface area contributed by atoms with Crippen LogP contribution in [0.3, 0.4) is 0 Å². The summed E-state index contributed by atoms with van der Waals surface area (Å²) in [4.78, 5) is 17.5. The first-order valence-corrected chi connectivity index (χ1v) is 12.7. The van der Waals surface area contributed by atoms with Crippen molar-refractivity contribution in [2.75, 3.05) is 17.3 Å². The molecule has 3 aromatic rings. The largest absolute Gasteiger partial charge is 0.301 e. The van der Waals surface area contributed by atoms with Crippen molar-refractivity contribution in [1.82, 2.24) is 9.71 Å². The topological polar surface area (TPSA) is 88.2 Å². The van der Waals surface area contributed by atoms with Crippen LogP contribution in [0.15, 0.2) is 47.4 Å². The molecular formula is C20H23N3O3S3. The fraction of sp³-hybridized carbons (Fsp3) is 0.300. The number of fused-ring (bicyclic) bond motifs is 1. The Bertz CT molecular complexity index is 1110. The van der Waals surface area contributed by atoms with Gasteiger partial charge in [-0.05, 0) is 61.6 Å². The van der Waals surface area contributed by atoms with Crippen molar-refractivity contribution in [1.29, 1.82) is 0 Å². The summed E-state index contributed by atoms with van der Waals surface area (Å²) >= 11 is 2.94. The Hall–Kier alpha value is -1.94. The number of amides is 1. The molecule has 0 aliphatic carbocycles. The summed E-state index contributed by atoms with van der Waals surface area (Å²) in [5.41, 5.74) is 3.02. The molecule has 29 heavy (non-hydrogen) atoms. The number of anilines is 1. The second-order valence-electron chi connectivity index (χ2n) is 6.71. The van der Waals surface area contributed by atoms with E-state index < -0.39 is 22.0 Å². The molecule has 6 nitrogen and oxygen atoms in total. The molecular weight excluding hydrogens is 426 g/mol. The zero-order chi connectivity index (χ0) is 21.0. The minimum Gasteiger partial charge on any atom is -0.301 e. The highest BCUT2D eigenvalue weighted by atomic mass is 32.2. The van der Waals surface area contributed by atoms with Crippen LogP contribution in [-0.2, 0) is 14.8 Å². The van der Waals surface area contributed by atoms with Gasteiger partial charge in [0.05, 0.1) is 15.1 Å². The fourth-order valence-electron chi connectivity index (χ4n) is 2.95. The lowest BCUT2D eigenvalue weighted by Crippen LogP contribution is -2.44. The summed E-state index contributed by atoms with van der Waals surface area (Å²) in [6.07, 6.45) is 2.29. The van der Waals surface area contributed by atoms with Crippen LogP contribution < -0.4 is 10.0 Å². The van der Waals surface area contributed by atoms with Gasteiger partial charge in [-0.15, -0.1) is 0 Å². The van der Waals surface area contributed by atoms with E-state index in [1.54, 1.807) is 30.0 Å². The van der Waals surface area contributed by atoms with Crippen LogP contribution in [0, 0.1) is 13.8 Å². The molecule has 0 aliphatic heterocycles. The number of rotatable bonds is 8. The zero-order valence-corrected chi connectivity index (χ0v) is 18.9. The Morgan fingerprint density at radius 1 is 1.21 bits per heavy atom. The van der Waals surface area contributed by atoms with E-state index in [-0.39, 0.29) is 4.90 Å². The number of sulfonamides is 1. The summed E-state index contributed by atoms with van der Waals surface area (Å²) < 4.78 is 28.9. The number of hydrogen-bond acceptors (Lipinski definition) is 6. The summed E-state index contributed by atoms with van der Waals surface area (Å²) in [6.45, 7) is 4.00. The molecule has 0 aliphatic rings. The van der Waals surface area contributed by atoms with Crippen LogP contribution in [0.25, 0.3) is 10.2 Å². The van der Waals surface area contributed by atoms with Crippen LogP contribution >= 0.6 is 23.1 Å². The maximum atomic E-state index is 12.9. The van der Waals surface area contributed by atoms with Crippen LogP contribution in [0.1, 0.15) is 17.5 Å². The maximum Gasteiger partial charge on any atom is 0.244 e. The maximum absolute atomic E-state index is 12.9. The van der Waals surface area contributed by atoms with Gasteiger partial charge in [-0.1, -0.05) is 35.6 Å². The van der Waals surface area contributed by atoms with E-state index in [1.807, 2.05) is 32.2 Å². The summed E-state index contributed by atoms with van der Waals surface area (Å²) in [5, 5.41) is 3.26. The first kappa shape index (κ1) is 21.8. The van der Waals surface area contributed by atoms with Crippen LogP contribution in [0.2, 0.25) is 0 Å². The Kier molecular flexibility index (Phi) is 6.94. The molecule has 1 unspecified atom stereocenters. The lowest BCUT2D eigenvalue weighted by Gasteiger charge is -2.17. The number of aryl methyl sites for hydroxylation is 2. The Morgan fingerprint density at radius 3 is 2.62 bits per heavy atom. The second kappa shape index (κ2) is 9.25. The molecule has 0 saturated carbocycles. The number of carbonyl (C=O) groups is 1. The average Bonchev–Trinajstić information content (AvgIpc) is 3.08. The monoisotopic (exact) mass is 449 g/mol. The van der Waals surface area contributed by atoms with Crippen LogP contribution in [0.4, 0.5) is 5.13 Å². The lowest BCUT2D eigenvalue weighted by molar-refractivity contribution is -0.117. The molecule has 0 radical (unpaired) electrons. The second-order valence-corrected chi connectivity index (χ2v) is 10.4. The third-order valence-electron chi connectivity index (χ3n) is 4.34. The van der Waals surface area contributed by atoms with Gasteiger partial charge in [-0.3, -0.25) is 4.79 Å². The highest BCUT2D eigenvalue weighted by Gasteiger charge is 2.26. The molecule has 0 saturated heterocycles. The molecule has 3 rings (SSSR count). The van der Waals surface area contributed by atoms with E-state index >= 15 is 0 Å². The average molecular weight is 450 g/mol. The van der Waals surface area contributed by atoms with Crippen molar-refractivity contribution in [2.45, 2.75) is 31.2 Å². The Morgan fingerprint density at radius 2 is 1.93 bits per heavy atom. The van der Waals surface area contributed by atoms with Crippen molar-refractivity contribution >= 4 is 54.4 Å². The number of nitrogens with zero attached hydrogens (tertiary/aromatic N) is 1. The predicted octanol–water partition coefficient (Wildman–Crippen LogP) is 3.95. The number of aromatic nitrogens is 1. The minimum atomic E-state index is -3.80. The Labute approximate surface area is 179 Å². The molecule has 1 aromatic heterocycles. The van der Waals surface area contributed by atoms with Gasteiger partial charge in [0.15, 0.2) is 5.13 Å². The van der Waals surface area contributed by atoms with Gasteiger partial charge in [0.2, 0.25) is 15.9 Å². The van der Waals surface area contributed by atoms with Gasteiger partial charge < -0.3 is 5.32 Å². The van der Waals surface area contributed by atoms with Crippen molar-refractivity contribution in [2.24, 2.45) is 0 Å². The Balaban J connectivity index is 1.81. The number of benzene rings is 2. The lowest BCUT2D eigenvalue weighted by atomic mass is 10.1. The fourth-order valence-corrected chi connectivity index (χ4v) is 5.72. The van der Waals surface area contributed by atoms with Crippen molar-refractivity contribution in [3.8, 4) is 0 Å². The van der Waals surface area contributed by atoms with E-state index in [1.165, 1.54) is 23.5 Å². The van der Waals surface area contributed by atoms with Crippen molar-refractivity contribution in [3.63, 3.8) is 0 Å². The van der Waals surface area contributed by atoms with Gasteiger partial charge in [-0.25, -0.2) is 13.4 Å². The summed E-state index contributed by atoms with van der Waals surface area (Å²) in [6, 6.07) is 11.2. The third-order valence-corrected chi connectivity index (χ3v) is 7.39. The zero-order valence-electron chi connectivity index (χ0n) is 16.4. The van der Waals surface area contributed by atoms with E-state index in [0.717, 1.165) is 21.3 Å². The molecule has 0 fully saturated rings. The van der Waals surface area contributed by atoms with Gasteiger partial charge in [-0.2, -0.15) is 16.5 Å². The molecule has 154 valence electrons. The quantitative estimate of drug-likeness (QED) is 0.544. The van der Waals surface area contributed by atoms with Crippen molar-refractivity contribution < 1.29 is 13.2 Å². The number of hydrogen-bond donors (Lipinski definition) is 2. The summed E-state index contributed by atoms with van der Waals surface area (Å²) in [7, 11) is -3.80. The van der Waals surface area contributed by atoms with E-state index in [0.29, 0.717) is 17.3 Å². The van der Waals surface area contributed by atoms with Gasteiger partial charge in [0, 0.05) is 0 Å². The van der Waals surface area contributed by atoms with E-state index in [2.05, 4.69) is 15.0 Å². The number of thiazole rings is 1. The van der Waals surface area contributed by atoms with Gasteiger partial charge in [0.1, 0.15) is 6.04 Å². The van der Waals surface area contributed by atoms with Crippen LogP contribution in [0.5, 0.6) is 0 Å². The van der Waals surface area contributed by atoms with Gasteiger partial charge in [0.25, 0.3) is 0 Å². The smallest absolute Gasteiger partial charge is 0.244 e. The molecule has 1 atom stereocenters. The first-order valence-electron chi connectivity index (χ1n) is 9.05. The van der Waals surface area contributed by atoms with E-state index in [9.17, 15) is 13.2 Å². The normalized spacial score (nSPS) is 12.8. The standard InChI is InChI=1S/C20H23N3O3S3/c1-13-11-14(2)18-17(12-13)28-20(21-18)22-19(24)16(9-10-27-3)23-29(25,26)15-7-5-4-6-8-15/h4-8,11-12,16,23H,9-10H2,1-3H3,(H,21,22,24). The molecule has 0 spiro atoms. The van der Waals surface area contributed by atoms with Gasteiger partial charge >= 0.3 is 0 Å². The summed E-state index contributed by atoms with van der Waals surface area (Å²) in [5.74, 6) is 0.236. The predicted molar refractivity (Wildman–Crippen MR) is 121 cm³/mol. The highest BCUT2D eigenvalue weighted by molar-refractivity contribution is 7.98. The number of nitrogens with one attached hydrogen (secondary N) is 2. The molecule has 2 N–H and O–H groups in total. The molecule has 0 bridgehead atoms. The number of thioether (sulfide) groups is 1. The minimum absolute atomic E-state index is 0.132.